The first-order valence-corrected chi connectivity index (χ1v) is 10.9. The lowest BCUT2D eigenvalue weighted by atomic mass is 10.0. The molecule has 0 fully saturated rings. The lowest BCUT2D eigenvalue weighted by Crippen LogP contribution is -2.53. The van der Waals surface area contributed by atoms with E-state index in [1.54, 1.807) is 4.90 Å². The molecule has 0 radical (unpaired) electrons. The minimum absolute atomic E-state index is 0.0496. The van der Waals surface area contributed by atoms with Crippen molar-refractivity contribution in [2.75, 3.05) is 0 Å². The largest absolute Gasteiger partial charge is 0.350 e. The van der Waals surface area contributed by atoms with Gasteiger partial charge < -0.3 is 10.2 Å². The molecule has 5 heteroatoms. The number of carbonyl (C=O) groups is 2. The molecule has 0 saturated carbocycles. The Balaban J connectivity index is 2.24. The van der Waals surface area contributed by atoms with Gasteiger partial charge in [-0.1, -0.05) is 66.6 Å². The number of hydrogen-bond acceptors (Lipinski definition) is 2. The summed E-state index contributed by atoms with van der Waals surface area (Å²) in [5.74, 6) is -0.172. The second-order valence-corrected chi connectivity index (χ2v) is 9.17. The molecule has 2 aromatic rings. The van der Waals surface area contributed by atoms with E-state index in [0.29, 0.717) is 30.8 Å². The minimum atomic E-state index is -0.524. The van der Waals surface area contributed by atoms with Crippen molar-refractivity contribution in [2.24, 2.45) is 0 Å². The SMILES string of the molecule is CC[C@H](C(=O)NC(C)(C)C)N(Cc1ccc(C)cc1)C(=O)CCc1ccccc1Cl. The van der Waals surface area contributed by atoms with Crippen LogP contribution in [0.3, 0.4) is 0 Å². The molecule has 0 bridgehead atoms. The van der Waals surface area contributed by atoms with Crippen molar-refractivity contribution in [3.05, 3.63) is 70.2 Å². The summed E-state index contributed by atoms with van der Waals surface area (Å²) in [4.78, 5) is 28.0. The summed E-state index contributed by atoms with van der Waals surface area (Å²) in [5.41, 5.74) is 2.75. The van der Waals surface area contributed by atoms with E-state index in [0.717, 1.165) is 16.7 Å². The van der Waals surface area contributed by atoms with Gasteiger partial charge in [0.05, 0.1) is 0 Å². The first-order valence-electron chi connectivity index (χ1n) is 10.5. The molecule has 2 aromatic carbocycles. The van der Waals surface area contributed by atoms with E-state index >= 15 is 0 Å². The Kier molecular flexibility index (Phi) is 8.48. The molecule has 4 nitrogen and oxygen atoms in total. The quantitative estimate of drug-likeness (QED) is 0.619. The summed E-state index contributed by atoms with van der Waals surface area (Å²) >= 11 is 6.26. The fraction of sp³-hybridized carbons (Fsp3) is 0.440. The molecule has 162 valence electrons. The molecule has 0 aliphatic heterocycles. The third-order valence-corrected chi connectivity index (χ3v) is 5.29. The van der Waals surface area contributed by atoms with E-state index in [2.05, 4.69) is 5.32 Å². The molecule has 30 heavy (non-hydrogen) atoms. The second kappa shape index (κ2) is 10.6. The monoisotopic (exact) mass is 428 g/mol. The van der Waals surface area contributed by atoms with Crippen LogP contribution in [0.2, 0.25) is 5.02 Å². The standard InChI is InChI=1S/C25H33ClN2O2/c1-6-22(24(30)27-25(3,4)5)28(17-19-13-11-18(2)12-14-19)23(29)16-15-20-9-7-8-10-21(20)26/h7-14,22H,6,15-17H2,1-5H3,(H,27,30)/t22-/m1/s1. The highest BCUT2D eigenvalue weighted by atomic mass is 35.5. The highest BCUT2D eigenvalue weighted by Crippen LogP contribution is 2.20. The zero-order chi connectivity index (χ0) is 22.3. The van der Waals surface area contributed by atoms with Crippen LogP contribution in [0.1, 0.15) is 57.2 Å². The Morgan fingerprint density at radius 1 is 1.07 bits per heavy atom. The number of hydrogen-bond donors (Lipinski definition) is 1. The van der Waals surface area contributed by atoms with Gasteiger partial charge in [-0.2, -0.15) is 0 Å². The predicted octanol–water partition coefficient (Wildman–Crippen LogP) is 5.30. The van der Waals surface area contributed by atoms with Gasteiger partial charge in [0.1, 0.15) is 6.04 Å². The molecule has 1 atom stereocenters. The Bertz CT molecular complexity index is 856. The zero-order valence-electron chi connectivity index (χ0n) is 18.7. The van der Waals surface area contributed by atoms with Gasteiger partial charge in [0.2, 0.25) is 11.8 Å². The van der Waals surface area contributed by atoms with Crippen LogP contribution in [0, 0.1) is 6.92 Å². The second-order valence-electron chi connectivity index (χ2n) is 8.76. The van der Waals surface area contributed by atoms with E-state index in [1.807, 2.05) is 83.1 Å². The molecule has 0 aliphatic carbocycles. The average Bonchev–Trinajstić information content (AvgIpc) is 2.67. The van der Waals surface area contributed by atoms with Crippen molar-refractivity contribution in [3.8, 4) is 0 Å². The summed E-state index contributed by atoms with van der Waals surface area (Å²) < 4.78 is 0. The smallest absolute Gasteiger partial charge is 0.243 e. The number of amides is 2. The van der Waals surface area contributed by atoms with Crippen LogP contribution in [0.5, 0.6) is 0 Å². The number of halogens is 1. The maximum atomic E-state index is 13.3. The molecule has 1 N–H and O–H groups in total. The van der Waals surface area contributed by atoms with Gasteiger partial charge in [0.15, 0.2) is 0 Å². The van der Waals surface area contributed by atoms with Crippen molar-refractivity contribution >= 4 is 23.4 Å². The number of nitrogens with zero attached hydrogens (tertiary/aromatic N) is 1. The van der Waals surface area contributed by atoms with E-state index < -0.39 is 6.04 Å². The van der Waals surface area contributed by atoms with Crippen LogP contribution in [0.4, 0.5) is 0 Å². The maximum Gasteiger partial charge on any atom is 0.243 e. The van der Waals surface area contributed by atoms with E-state index in [9.17, 15) is 9.59 Å². The van der Waals surface area contributed by atoms with Gasteiger partial charge >= 0.3 is 0 Å². The van der Waals surface area contributed by atoms with Gasteiger partial charge in [0, 0.05) is 23.5 Å². The molecule has 2 amide bonds. The van der Waals surface area contributed by atoms with E-state index in [4.69, 9.17) is 11.6 Å². The fourth-order valence-electron chi connectivity index (χ4n) is 3.35. The third kappa shape index (κ3) is 7.17. The zero-order valence-corrected chi connectivity index (χ0v) is 19.4. The lowest BCUT2D eigenvalue weighted by Gasteiger charge is -2.33. The minimum Gasteiger partial charge on any atom is -0.350 e. The first-order chi connectivity index (χ1) is 14.1. The normalized spacial score (nSPS) is 12.3. The Labute approximate surface area is 185 Å². The number of rotatable bonds is 8. The molecule has 0 unspecified atom stereocenters. The van der Waals surface area contributed by atoms with Crippen molar-refractivity contribution in [2.45, 2.75) is 72.0 Å². The lowest BCUT2D eigenvalue weighted by molar-refractivity contribution is -0.142. The Morgan fingerprint density at radius 2 is 1.70 bits per heavy atom. The van der Waals surface area contributed by atoms with Crippen LogP contribution in [0.25, 0.3) is 0 Å². The molecular weight excluding hydrogens is 396 g/mol. The van der Waals surface area contributed by atoms with Crippen molar-refractivity contribution in [1.82, 2.24) is 10.2 Å². The van der Waals surface area contributed by atoms with E-state index in [-0.39, 0.29) is 17.4 Å². The fourth-order valence-corrected chi connectivity index (χ4v) is 3.58. The Hall–Kier alpha value is -2.33. The van der Waals surface area contributed by atoms with Crippen molar-refractivity contribution in [1.29, 1.82) is 0 Å². The topological polar surface area (TPSA) is 49.4 Å². The summed E-state index contributed by atoms with van der Waals surface area (Å²) in [7, 11) is 0. The van der Waals surface area contributed by atoms with Gasteiger partial charge in [-0.15, -0.1) is 0 Å². The summed E-state index contributed by atoms with van der Waals surface area (Å²) in [6, 6.07) is 15.1. The highest BCUT2D eigenvalue weighted by Gasteiger charge is 2.30. The molecule has 0 aromatic heterocycles. The van der Waals surface area contributed by atoms with Crippen LogP contribution < -0.4 is 5.32 Å². The molecule has 0 heterocycles. The number of nitrogens with one attached hydrogen (secondary N) is 1. The van der Waals surface area contributed by atoms with Crippen LogP contribution in [0.15, 0.2) is 48.5 Å². The van der Waals surface area contributed by atoms with E-state index in [1.165, 1.54) is 0 Å². The van der Waals surface area contributed by atoms with Gasteiger partial charge in [-0.3, -0.25) is 9.59 Å². The van der Waals surface area contributed by atoms with Gasteiger partial charge in [0.25, 0.3) is 0 Å². The van der Waals surface area contributed by atoms with Crippen LogP contribution in [-0.2, 0) is 22.6 Å². The number of aryl methyl sites for hydroxylation is 2. The maximum absolute atomic E-state index is 13.3. The molecule has 0 saturated heterocycles. The summed E-state index contributed by atoms with van der Waals surface area (Å²) in [6.45, 7) is 10.2. The summed E-state index contributed by atoms with van der Waals surface area (Å²) in [6.07, 6.45) is 1.39. The van der Waals surface area contributed by atoms with Crippen LogP contribution in [-0.4, -0.2) is 28.3 Å². The third-order valence-electron chi connectivity index (χ3n) is 4.92. The summed E-state index contributed by atoms with van der Waals surface area (Å²) in [5, 5.41) is 3.69. The first kappa shape index (κ1) is 23.9. The van der Waals surface area contributed by atoms with Gasteiger partial charge in [-0.25, -0.2) is 0 Å². The van der Waals surface area contributed by atoms with Crippen molar-refractivity contribution < 1.29 is 9.59 Å². The molecule has 2 rings (SSSR count). The molecular formula is C25H33ClN2O2. The van der Waals surface area contributed by atoms with Crippen molar-refractivity contribution in [3.63, 3.8) is 0 Å². The number of benzene rings is 2. The average molecular weight is 429 g/mol. The Morgan fingerprint density at radius 3 is 2.27 bits per heavy atom. The highest BCUT2D eigenvalue weighted by molar-refractivity contribution is 6.31. The van der Waals surface area contributed by atoms with Gasteiger partial charge in [-0.05, 0) is 57.7 Å². The van der Waals surface area contributed by atoms with Crippen LogP contribution >= 0.6 is 11.6 Å². The predicted molar refractivity (Wildman–Crippen MR) is 123 cm³/mol. The number of carbonyl (C=O) groups excluding carboxylic acids is 2. The molecule has 0 aliphatic rings. The molecule has 0 spiro atoms.